The third-order valence-electron chi connectivity index (χ3n) is 2.93. The van der Waals surface area contributed by atoms with Crippen LogP contribution in [-0.4, -0.2) is 6.61 Å². The first kappa shape index (κ1) is 8.89. The van der Waals surface area contributed by atoms with E-state index in [0.717, 1.165) is 13.0 Å². The maximum atomic E-state index is 5.21. The first-order valence-electron chi connectivity index (χ1n) is 5.30. The quantitative estimate of drug-likeness (QED) is 0.762. The number of hydroxylamine groups is 1. The number of benzene rings is 2. The highest BCUT2D eigenvalue weighted by molar-refractivity contribution is 5.86. The lowest BCUT2D eigenvalue weighted by atomic mass is 9.98. The summed E-state index contributed by atoms with van der Waals surface area (Å²) in [6, 6.07) is 15.3. The van der Waals surface area contributed by atoms with E-state index < -0.39 is 0 Å². The van der Waals surface area contributed by atoms with Crippen molar-refractivity contribution in [3.63, 3.8) is 0 Å². The highest BCUT2D eigenvalue weighted by atomic mass is 16.7. The maximum Gasteiger partial charge on any atom is 0.0701 e. The van der Waals surface area contributed by atoms with Crippen molar-refractivity contribution in [1.29, 1.82) is 0 Å². The van der Waals surface area contributed by atoms with Crippen LogP contribution in [-0.2, 0) is 4.84 Å². The van der Waals surface area contributed by atoms with E-state index in [4.69, 9.17) is 4.84 Å². The molecule has 0 unspecified atom stereocenters. The van der Waals surface area contributed by atoms with Gasteiger partial charge in [-0.15, -0.1) is 0 Å². The van der Waals surface area contributed by atoms with Crippen molar-refractivity contribution >= 4 is 10.8 Å². The Morgan fingerprint density at radius 1 is 1.07 bits per heavy atom. The lowest BCUT2D eigenvalue weighted by molar-refractivity contribution is 0.0885. The van der Waals surface area contributed by atoms with Gasteiger partial charge in [0.2, 0.25) is 0 Å². The molecule has 0 radical (unpaired) electrons. The van der Waals surface area contributed by atoms with Crippen LogP contribution in [0.15, 0.2) is 42.5 Å². The molecule has 1 aliphatic rings. The number of fused-ring (bicyclic) bond motifs is 1. The number of hydrogen-bond acceptors (Lipinski definition) is 2. The Morgan fingerprint density at radius 2 is 1.93 bits per heavy atom. The Kier molecular flexibility index (Phi) is 2.16. The fourth-order valence-electron chi connectivity index (χ4n) is 2.17. The predicted molar refractivity (Wildman–Crippen MR) is 60.4 cm³/mol. The molecule has 0 spiro atoms. The Hall–Kier alpha value is -1.38. The van der Waals surface area contributed by atoms with Crippen LogP contribution in [0.5, 0.6) is 0 Å². The van der Waals surface area contributed by atoms with E-state index in [9.17, 15) is 0 Å². The molecule has 1 atom stereocenters. The van der Waals surface area contributed by atoms with E-state index in [0.29, 0.717) is 6.04 Å². The molecular formula is C13H13NO. The summed E-state index contributed by atoms with van der Waals surface area (Å²) in [6.45, 7) is 0.799. The Balaban J connectivity index is 2.16. The molecule has 2 heteroatoms. The number of hydrogen-bond donors (Lipinski definition) is 1. The van der Waals surface area contributed by atoms with Crippen molar-refractivity contribution in [1.82, 2.24) is 5.48 Å². The van der Waals surface area contributed by atoms with Crippen molar-refractivity contribution in [2.45, 2.75) is 12.5 Å². The highest BCUT2D eigenvalue weighted by Crippen LogP contribution is 2.28. The minimum atomic E-state index is 0.344. The second kappa shape index (κ2) is 3.65. The molecule has 0 aromatic heterocycles. The smallest absolute Gasteiger partial charge is 0.0701 e. The zero-order chi connectivity index (χ0) is 10.1. The van der Waals surface area contributed by atoms with Gasteiger partial charge in [0.05, 0.1) is 12.6 Å². The van der Waals surface area contributed by atoms with Crippen LogP contribution >= 0.6 is 0 Å². The van der Waals surface area contributed by atoms with Crippen molar-refractivity contribution < 1.29 is 4.84 Å². The van der Waals surface area contributed by atoms with E-state index in [1.54, 1.807) is 0 Å². The lowest BCUT2D eigenvalue weighted by Crippen LogP contribution is -2.11. The molecule has 3 rings (SSSR count). The van der Waals surface area contributed by atoms with Gasteiger partial charge in [0.15, 0.2) is 0 Å². The molecule has 1 aliphatic heterocycles. The highest BCUT2D eigenvalue weighted by Gasteiger charge is 2.18. The summed E-state index contributed by atoms with van der Waals surface area (Å²) < 4.78 is 0. The molecule has 1 fully saturated rings. The molecule has 2 aromatic rings. The van der Waals surface area contributed by atoms with E-state index in [1.165, 1.54) is 16.3 Å². The van der Waals surface area contributed by atoms with Gasteiger partial charge in [0.25, 0.3) is 0 Å². The third-order valence-corrected chi connectivity index (χ3v) is 2.93. The van der Waals surface area contributed by atoms with Crippen LogP contribution < -0.4 is 5.48 Å². The Bertz CT molecular complexity index is 469. The molecule has 1 heterocycles. The summed E-state index contributed by atoms with van der Waals surface area (Å²) in [4.78, 5) is 5.21. The Labute approximate surface area is 88.8 Å². The molecule has 0 saturated carbocycles. The average Bonchev–Trinajstić information content (AvgIpc) is 2.82. The maximum absolute atomic E-state index is 5.21. The number of rotatable bonds is 1. The SMILES string of the molecule is c1ccc2c([C@@H]3CCON3)cccc2c1. The number of nitrogens with one attached hydrogen (secondary N) is 1. The zero-order valence-electron chi connectivity index (χ0n) is 8.44. The van der Waals surface area contributed by atoms with Crippen LogP contribution in [0.2, 0.25) is 0 Å². The van der Waals surface area contributed by atoms with E-state index in [1.807, 2.05) is 0 Å². The second-order valence-electron chi connectivity index (χ2n) is 3.88. The molecule has 1 saturated heterocycles. The lowest BCUT2D eigenvalue weighted by Gasteiger charge is -2.11. The van der Waals surface area contributed by atoms with E-state index in [-0.39, 0.29) is 0 Å². The van der Waals surface area contributed by atoms with Gasteiger partial charge in [0, 0.05) is 0 Å². The van der Waals surface area contributed by atoms with Crippen molar-refractivity contribution in [3.05, 3.63) is 48.0 Å². The summed E-state index contributed by atoms with van der Waals surface area (Å²) in [6.07, 6.45) is 1.05. The van der Waals surface area contributed by atoms with Crippen molar-refractivity contribution in [2.75, 3.05) is 6.61 Å². The predicted octanol–water partition coefficient (Wildman–Crippen LogP) is 2.81. The first-order chi connectivity index (χ1) is 7.45. The van der Waals surface area contributed by atoms with Gasteiger partial charge in [0.1, 0.15) is 0 Å². The summed E-state index contributed by atoms with van der Waals surface area (Å²) >= 11 is 0. The molecule has 15 heavy (non-hydrogen) atoms. The van der Waals surface area contributed by atoms with Gasteiger partial charge < -0.3 is 4.84 Å². The molecule has 2 nitrogen and oxygen atoms in total. The van der Waals surface area contributed by atoms with Gasteiger partial charge >= 0.3 is 0 Å². The summed E-state index contributed by atoms with van der Waals surface area (Å²) in [5.74, 6) is 0. The first-order valence-corrected chi connectivity index (χ1v) is 5.30. The minimum absolute atomic E-state index is 0.344. The molecule has 76 valence electrons. The zero-order valence-corrected chi connectivity index (χ0v) is 8.44. The van der Waals surface area contributed by atoms with Gasteiger partial charge in [-0.1, -0.05) is 42.5 Å². The van der Waals surface area contributed by atoms with Gasteiger partial charge in [-0.3, -0.25) is 0 Å². The van der Waals surface area contributed by atoms with Gasteiger partial charge in [-0.25, -0.2) is 0 Å². The minimum Gasteiger partial charge on any atom is -0.301 e. The van der Waals surface area contributed by atoms with E-state index in [2.05, 4.69) is 47.9 Å². The van der Waals surface area contributed by atoms with Crippen LogP contribution in [0.25, 0.3) is 10.8 Å². The Morgan fingerprint density at radius 3 is 2.80 bits per heavy atom. The van der Waals surface area contributed by atoms with Crippen LogP contribution in [0, 0.1) is 0 Å². The normalized spacial score (nSPS) is 20.9. The van der Waals surface area contributed by atoms with Crippen molar-refractivity contribution in [2.24, 2.45) is 0 Å². The van der Waals surface area contributed by atoms with Crippen LogP contribution in [0.4, 0.5) is 0 Å². The van der Waals surface area contributed by atoms with Gasteiger partial charge in [-0.05, 0) is 22.8 Å². The monoisotopic (exact) mass is 199 g/mol. The largest absolute Gasteiger partial charge is 0.301 e. The summed E-state index contributed by atoms with van der Waals surface area (Å²) in [5.41, 5.74) is 4.40. The topological polar surface area (TPSA) is 21.3 Å². The van der Waals surface area contributed by atoms with Crippen LogP contribution in [0.3, 0.4) is 0 Å². The van der Waals surface area contributed by atoms with Gasteiger partial charge in [-0.2, -0.15) is 5.48 Å². The molecular weight excluding hydrogens is 186 g/mol. The average molecular weight is 199 g/mol. The van der Waals surface area contributed by atoms with E-state index >= 15 is 0 Å². The second-order valence-corrected chi connectivity index (χ2v) is 3.88. The molecule has 0 bridgehead atoms. The summed E-state index contributed by atoms with van der Waals surface area (Å²) in [7, 11) is 0. The standard InChI is InChI=1S/C13H13NO/c1-2-6-11-10(4-1)5-3-7-12(11)13-8-9-15-14-13/h1-7,13-14H,8-9H2/t13-/m0/s1. The molecule has 2 aromatic carbocycles. The molecule has 1 N–H and O–H groups in total. The van der Waals surface area contributed by atoms with Crippen molar-refractivity contribution in [3.8, 4) is 0 Å². The fraction of sp³-hybridized carbons (Fsp3) is 0.231. The summed E-state index contributed by atoms with van der Waals surface area (Å²) in [5, 5.41) is 2.62. The molecule has 0 amide bonds. The molecule has 0 aliphatic carbocycles. The van der Waals surface area contributed by atoms with Crippen LogP contribution in [0.1, 0.15) is 18.0 Å². The fourth-order valence-corrected chi connectivity index (χ4v) is 2.17. The third kappa shape index (κ3) is 1.52.